The molecule has 0 atom stereocenters. The van der Waals surface area contributed by atoms with Crippen LogP contribution in [0.1, 0.15) is 20.8 Å². The molecule has 0 aliphatic carbocycles. The van der Waals surface area contributed by atoms with Crippen molar-refractivity contribution < 1.29 is 9.53 Å². The quantitative estimate of drug-likeness (QED) is 0.720. The third-order valence-electron chi connectivity index (χ3n) is 2.29. The summed E-state index contributed by atoms with van der Waals surface area (Å²) in [6.07, 6.45) is 1.04. The Balaban J connectivity index is 2.37. The third kappa shape index (κ3) is 3.09. The molecular weight excluding hydrogens is 260 g/mol. The Morgan fingerprint density at radius 2 is 2.05 bits per heavy atom. The molecule has 1 aromatic rings. The van der Waals surface area contributed by atoms with Crippen LogP contribution in [0, 0.1) is 11.3 Å². The summed E-state index contributed by atoms with van der Waals surface area (Å²) in [5.41, 5.74) is 0.165. The summed E-state index contributed by atoms with van der Waals surface area (Å²) < 4.78 is 5.35. The fraction of sp³-hybridized carbons (Fsp3) is 0.286. The van der Waals surface area contributed by atoms with E-state index in [1.165, 1.54) is 22.9 Å². The number of allylic oxidation sites excluding steroid dienone is 1. The van der Waals surface area contributed by atoms with Gasteiger partial charge in [0, 0.05) is 11.1 Å². The summed E-state index contributed by atoms with van der Waals surface area (Å²) in [6.45, 7) is 5.43. The van der Waals surface area contributed by atoms with Gasteiger partial charge in [0.05, 0.1) is 5.69 Å². The van der Waals surface area contributed by atoms with Crippen LogP contribution in [0.5, 0.6) is 0 Å². The van der Waals surface area contributed by atoms with Crippen LogP contribution in [-0.4, -0.2) is 11.7 Å². The highest BCUT2D eigenvalue weighted by atomic mass is 32.2. The molecule has 0 radical (unpaired) electrons. The Bertz CT molecular complexity index is 582. The number of hydrogen-bond donors (Lipinski definition) is 0. The van der Waals surface area contributed by atoms with Gasteiger partial charge in [-0.25, -0.2) is 4.79 Å². The van der Waals surface area contributed by atoms with Gasteiger partial charge in [-0.2, -0.15) is 5.26 Å². The van der Waals surface area contributed by atoms with E-state index in [2.05, 4.69) is 6.07 Å². The maximum absolute atomic E-state index is 12.2. The summed E-state index contributed by atoms with van der Waals surface area (Å²) in [4.78, 5) is 14.9. The van der Waals surface area contributed by atoms with Crippen LogP contribution in [0.2, 0.25) is 0 Å². The van der Waals surface area contributed by atoms with Gasteiger partial charge in [0.15, 0.2) is 0 Å². The summed E-state index contributed by atoms with van der Waals surface area (Å²) in [5, 5.41) is 9.03. The number of fused-ring (bicyclic) bond motifs is 1. The number of anilines is 1. The number of thioether (sulfide) groups is 1. The summed E-state index contributed by atoms with van der Waals surface area (Å²) in [6, 6.07) is 9.50. The fourth-order valence-corrected chi connectivity index (χ4v) is 2.45. The highest BCUT2D eigenvalue weighted by Crippen LogP contribution is 2.39. The highest BCUT2D eigenvalue weighted by Gasteiger charge is 2.27. The second-order valence-corrected chi connectivity index (χ2v) is 6.11. The number of para-hydroxylation sites is 1. The van der Waals surface area contributed by atoms with Crippen molar-refractivity contribution in [2.24, 2.45) is 0 Å². The van der Waals surface area contributed by atoms with Gasteiger partial charge < -0.3 is 4.74 Å². The summed E-state index contributed by atoms with van der Waals surface area (Å²) in [7, 11) is 0. The smallest absolute Gasteiger partial charge is 0.419 e. The fourth-order valence-electron chi connectivity index (χ4n) is 1.59. The van der Waals surface area contributed by atoms with E-state index in [1.54, 1.807) is 0 Å². The molecule has 1 heterocycles. The van der Waals surface area contributed by atoms with Crippen molar-refractivity contribution in [3.05, 3.63) is 35.4 Å². The molecule has 1 aromatic carbocycles. The predicted molar refractivity (Wildman–Crippen MR) is 74.7 cm³/mol. The van der Waals surface area contributed by atoms with E-state index in [0.29, 0.717) is 4.91 Å². The molecule has 0 bridgehead atoms. The normalized spacial score (nSPS) is 14.2. The number of rotatable bonds is 0. The van der Waals surface area contributed by atoms with E-state index < -0.39 is 11.7 Å². The zero-order chi connectivity index (χ0) is 14.0. The van der Waals surface area contributed by atoms with Crippen molar-refractivity contribution in [2.45, 2.75) is 31.3 Å². The third-order valence-corrected chi connectivity index (χ3v) is 3.27. The van der Waals surface area contributed by atoms with Crippen molar-refractivity contribution in [3.8, 4) is 6.07 Å². The van der Waals surface area contributed by atoms with Crippen molar-refractivity contribution in [3.63, 3.8) is 0 Å². The molecule has 0 fully saturated rings. The van der Waals surface area contributed by atoms with E-state index in [9.17, 15) is 4.79 Å². The van der Waals surface area contributed by atoms with E-state index >= 15 is 0 Å². The molecule has 1 amide bonds. The Morgan fingerprint density at radius 1 is 1.37 bits per heavy atom. The molecule has 5 heteroatoms. The average Bonchev–Trinajstić information content (AvgIpc) is 2.35. The molecule has 0 saturated carbocycles. The average molecular weight is 274 g/mol. The SMILES string of the molecule is CC(C)(C)OC(=O)N1C=C(C#N)Sc2ccccc21. The number of hydrogen-bond acceptors (Lipinski definition) is 4. The number of nitrogens with zero attached hydrogens (tertiary/aromatic N) is 2. The van der Waals surface area contributed by atoms with Gasteiger partial charge in [-0.15, -0.1) is 0 Å². The molecule has 0 saturated heterocycles. The molecular formula is C14H14N2O2S. The van der Waals surface area contributed by atoms with Crippen LogP contribution in [0.4, 0.5) is 10.5 Å². The van der Waals surface area contributed by atoms with Crippen LogP contribution in [-0.2, 0) is 4.74 Å². The minimum Gasteiger partial charge on any atom is -0.443 e. The Labute approximate surface area is 116 Å². The van der Waals surface area contributed by atoms with Crippen LogP contribution >= 0.6 is 11.8 Å². The number of ether oxygens (including phenoxy) is 1. The number of nitriles is 1. The first-order valence-corrected chi connectivity index (χ1v) is 6.63. The first-order valence-electron chi connectivity index (χ1n) is 5.82. The van der Waals surface area contributed by atoms with Gasteiger partial charge in [-0.1, -0.05) is 23.9 Å². The lowest BCUT2D eigenvalue weighted by Gasteiger charge is -2.28. The molecule has 19 heavy (non-hydrogen) atoms. The predicted octanol–water partition coefficient (Wildman–Crippen LogP) is 3.90. The van der Waals surface area contributed by atoms with Gasteiger partial charge in [0.2, 0.25) is 0 Å². The molecule has 1 aliphatic heterocycles. The Hall–Kier alpha value is -1.93. The van der Waals surface area contributed by atoms with Gasteiger partial charge in [-0.3, -0.25) is 4.90 Å². The number of benzene rings is 1. The molecule has 4 nitrogen and oxygen atoms in total. The van der Waals surface area contributed by atoms with Crippen molar-refractivity contribution in [1.29, 1.82) is 5.26 Å². The first-order chi connectivity index (χ1) is 8.90. The second-order valence-electron chi connectivity index (χ2n) is 5.03. The molecule has 0 aromatic heterocycles. The topological polar surface area (TPSA) is 53.3 Å². The van der Waals surface area contributed by atoms with Gasteiger partial charge in [0.25, 0.3) is 0 Å². The van der Waals surface area contributed by atoms with E-state index in [1.807, 2.05) is 45.0 Å². The van der Waals surface area contributed by atoms with Crippen LogP contribution in [0.15, 0.2) is 40.3 Å². The lowest BCUT2D eigenvalue weighted by molar-refractivity contribution is 0.0596. The summed E-state index contributed by atoms with van der Waals surface area (Å²) >= 11 is 1.35. The van der Waals surface area contributed by atoms with Crippen LogP contribution < -0.4 is 4.90 Å². The minimum atomic E-state index is -0.572. The van der Waals surface area contributed by atoms with E-state index in [4.69, 9.17) is 10.00 Å². The molecule has 98 valence electrons. The van der Waals surface area contributed by atoms with Crippen molar-refractivity contribution >= 4 is 23.5 Å². The highest BCUT2D eigenvalue weighted by molar-refractivity contribution is 8.03. The summed E-state index contributed by atoms with van der Waals surface area (Å²) in [5.74, 6) is 0. The Morgan fingerprint density at radius 3 is 2.68 bits per heavy atom. The molecule has 0 N–H and O–H groups in total. The monoisotopic (exact) mass is 274 g/mol. The largest absolute Gasteiger partial charge is 0.443 e. The van der Waals surface area contributed by atoms with E-state index in [-0.39, 0.29) is 0 Å². The zero-order valence-electron chi connectivity index (χ0n) is 11.0. The lowest BCUT2D eigenvalue weighted by Crippen LogP contribution is -2.34. The van der Waals surface area contributed by atoms with Crippen LogP contribution in [0.3, 0.4) is 0 Å². The molecule has 1 aliphatic rings. The maximum Gasteiger partial charge on any atom is 0.419 e. The Kier molecular flexibility index (Phi) is 3.54. The first kappa shape index (κ1) is 13.5. The van der Waals surface area contributed by atoms with Gasteiger partial charge >= 0.3 is 6.09 Å². The van der Waals surface area contributed by atoms with Gasteiger partial charge in [0.1, 0.15) is 16.6 Å². The minimum absolute atomic E-state index is 0.463. The van der Waals surface area contributed by atoms with Crippen molar-refractivity contribution in [1.82, 2.24) is 0 Å². The second kappa shape index (κ2) is 4.98. The van der Waals surface area contributed by atoms with Crippen LogP contribution in [0.25, 0.3) is 0 Å². The molecule has 2 rings (SSSR count). The number of amides is 1. The standard InChI is InChI=1S/C14H14N2O2S/c1-14(2,3)18-13(17)16-9-10(8-15)19-12-7-5-4-6-11(12)16/h4-7,9H,1-3H3. The van der Waals surface area contributed by atoms with Gasteiger partial charge in [-0.05, 0) is 32.9 Å². The van der Waals surface area contributed by atoms with E-state index in [0.717, 1.165) is 10.6 Å². The lowest BCUT2D eigenvalue weighted by atomic mass is 10.2. The number of carbonyl (C=O) groups excluding carboxylic acids is 1. The van der Waals surface area contributed by atoms with Crippen molar-refractivity contribution in [2.75, 3.05) is 4.90 Å². The maximum atomic E-state index is 12.2. The number of carbonyl (C=O) groups is 1. The zero-order valence-corrected chi connectivity index (χ0v) is 11.8. The molecule has 0 spiro atoms. The molecule has 0 unspecified atom stereocenters.